The van der Waals surface area contributed by atoms with Crippen LogP contribution in [0.25, 0.3) is 44.2 Å². The van der Waals surface area contributed by atoms with Gasteiger partial charge in [-0.15, -0.1) is 0 Å². The topological polar surface area (TPSA) is 139 Å². The van der Waals surface area contributed by atoms with Crippen LogP contribution in [0.1, 0.15) is 69.7 Å². The molecule has 3 aliphatic rings. The summed E-state index contributed by atoms with van der Waals surface area (Å²) >= 11 is 0. The Balaban J connectivity index is 0.994. The average molecular weight is 662 g/mol. The minimum atomic E-state index is -0.853. The zero-order valence-electron chi connectivity index (χ0n) is 28.1. The summed E-state index contributed by atoms with van der Waals surface area (Å²) in [6.45, 7) is 5.93. The van der Waals surface area contributed by atoms with Gasteiger partial charge < -0.3 is 25.1 Å². The summed E-state index contributed by atoms with van der Waals surface area (Å²) in [4.78, 5) is 44.9. The third kappa shape index (κ3) is 5.69. The molecule has 49 heavy (non-hydrogen) atoms. The third-order valence-corrected chi connectivity index (χ3v) is 11.1. The Morgan fingerprint density at radius 3 is 2.57 bits per heavy atom. The number of carbonyl (C=O) groups is 2. The zero-order chi connectivity index (χ0) is 33.8. The Morgan fingerprint density at radius 1 is 1.00 bits per heavy atom. The molecule has 4 N–H and O–H groups in total. The van der Waals surface area contributed by atoms with Crippen LogP contribution < -0.4 is 5.32 Å². The summed E-state index contributed by atoms with van der Waals surface area (Å²) < 4.78 is 4.86. The molecule has 3 aromatic carbocycles. The van der Waals surface area contributed by atoms with Crippen LogP contribution >= 0.6 is 0 Å². The molecule has 2 aliphatic heterocycles. The Labute approximate surface area is 285 Å². The van der Waals surface area contributed by atoms with Gasteiger partial charge in [-0.3, -0.25) is 9.80 Å². The minimum absolute atomic E-state index is 0.00954. The van der Waals surface area contributed by atoms with E-state index in [1.165, 1.54) is 7.11 Å². The van der Waals surface area contributed by atoms with E-state index >= 15 is 0 Å². The van der Waals surface area contributed by atoms with Gasteiger partial charge >= 0.3 is 12.2 Å². The number of ether oxygens (including phenoxy) is 1. The van der Waals surface area contributed by atoms with Crippen molar-refractivity contribution in [3.05, 3.63) is 72.4 Å². The highest BCUT2D eigenvalue weighted by Crippen LogP contribution is 2.50. The van der Waals surface area contributed by atoms with Gasteiger partial charge in [0.25, 0.3) is 0 Å². The maximum Gasteiger partial charge on any atom is 0.408 e. The molecule has 2 bridgehead atoms. The molecule has 2 amide bonds. The third-order valence-electron chi connectivity index (χ3n) is 11.1. The van der Waals surface area contributed by atoms with Gasteiger partial charge in [-0.25, -0.2) is 19.6 Å². The van der Waals surface area contributed by atoms with Gasteiger partial charge in [-0.05, 0) is 84.7 Å². The van der Waals surface area contributed by atoms with E-state index in [9.17, 15) is 14.7 Å². The first-order valence-electron chi connectivity index (χ1n) is 17.4. The molecule has 11 heteroatoms. The fourth-order valence-corrected chi connectivity index (χ4v) is 8.49. The fourth-order valence-electron chi connectivity index (χ4n) is 8.49. The van der Waals surface area contributed by atoms with Crippen molar-refractivity contribution in [2.24, 2.45) is 11.8 Å². The molecule has 3 fully saturated rings. The predicted molar refractivity (Wildman–Crippen MR) is 188 cm³/mol. The largest absolute Gasteiger partial charge is 0.465 e. The van der Waals surface area contributed by atoms with Gasteiger partial charge in [-0.2, -0.15) is 0 Å². The molecule has 1 saturated carbocycles. The van der Waals surface area contributed by atoms with Crippen molar-refractivity contribution >= 4 is 34.0 Å². The SMILES string of the molecule is COC(=O)N[C@H](CN1CCC[C@H]1c1ncc(-c2ccc(-c3ccc4c(ccc5[nH]c(C6C7CCC(C7)N6C(=O)O)nc54)c3)cc2)[nH]1)C(C)C. The standard InChI is InChI=1S/C38H43N7O4/c1-21(2)31(42-37(46)49-3)20-44-16-4-5-32(44)35-39-19-30(41-35)23-8-6-22(7-9-23)24-11-14-28-25(17-24)12-15-29-33(28)43-36(40-29)34-26-10-13-27(18-26)45(34)38(47)48/h6-9,11-12,14-15,17,19,21,26-27,31-32,34H,4-5,10,13,16,18,20H2,1-3H3,(H,39,41)(H,40,43)(H,42,46)(H,47,48)/t26?,27?,31-,32+,34?/m1/s1. The van der Waals surface area contributed by atoms with E-state index in [4.69, 9.17) is 14.7 Å². The number of nitrogens with one attached hydrogen (secondary N) is 3. The molecule has 3 unspecified atom stereocenters. The molecule has 0 radical (unpaired) electrons. The van der Waals surface area contributed by atoms with Crippen LogP contribution in [0, 0.1) is 11.8 Å². The molecule has 2 aromatic heterocycles. The molecule has 254 valence electrons. The number of amides is 2. The number of likely N-dealkylation sites (tertiary alicyclic amines) is 2. The monoisotopic (exact) mass is 661 g/mol. The Kier molecular flexibility index (Phi) is 8.02. The normalized spacial score (nSPS) is 22.8. The van der Waals surface area contributed by atoms with Crippen molar-refractivity contribution in [2.45, 2.75) is 70.1 Å². The number of aromatic nitrogens is 4. The number of piperidine rings is 1. The second-order valence-corrected chi connectivity index (χ2v) is 14.3. The van der Waals surface area contributed by atoms with E-state index in [2.05, 4.69) is 88.6 Å². The molecule has 0 spiro atoms. The highest BCUT2D eigenvalue weighted by molar-refractivity contribution is 6.05. The quantitative estimate of drug-likeness (QED) is 0.135. The number of aromatic amines is 2. The first-order chi connectivity index (χ1) is 23.8. The molecule has 1 aliphatic carbocycles. The number of imidazole rings is 2. The van der Waals surface area contributed by atoms with E-state index in [0.717, 1.165) is 101 Å². The Bertz CT molecular complexity index is 2020. The van der Waals surface area contributed by atoms with Crippen LogP contribution in [0.15, 0.2) is 60.8 Å². The lowest BCUT2D eigenvalue weighted by Gasteiger charge is -2.31. The summed E-state index contributed by atoms with van der Waals surface area (Å²) in [5.41, 5.74) is 6.11. The van der Waals surface area contributed by atoms with Gasteiger partial charge in [0.05, 0.1) is 42.1 Å². The molecule has 4 heterocycles. The van der Waals surface area contributed by atoms with Gasteiger partial charge in [0.1, 0.15) is 11.6 Å². The number of hydrogen-bond donors (Lipinski definition) is 4. The number of fused-ring (bicyclic) bond motifs is 5. The zero-order valence-corrected chi connectivity index (χ0v) is 28.1. The molecule has 2 saturated heterocycles. The van der Waals surface area contributed by atoms with Gasteiger partial charge in [-0.1, -0.05) is 56.3 Å². The van der Waals surface area contributed by atoms with Crippen LogP contribution in [-0.4, -0.2) is 79.3 Å². The number of carbonyl (C=O) groups excluding carboxylic acids is 1. The van der Waals surface area contributed by atoms with E-state index in [1.54, 1.807) is 4.90 Å². The number of benzene rings is 3. The van der Waals surface area contributed by atoms with Crippen molar-refractivity contribution in [2.75, 3.05) is 20.2 Å². The van der Waals surface area contributed by atoms with Gasteiger partial charge in [0.15, 0.2) is 0 Å². The number of alkyl carbamates (subject to hydrolysis) is 1. The van der Waals surface area contributed by atoms with Crippen molar-refractivity contribution < 1.29 is 19.4 Å². The van der Waals surface area contributed by atoms with Crippen molar-refractivity contribution in [1.29, 1.82) is 0 Å². The lowest BCUT2D eigenvalue weighted by Crippen LogP contribution is -2.46. The van der Waals surface area contributed by atoms with E-state index in [1.807, 2.05) is 6.20 Å². The van der Waals surface area contributed by atoms with E-state index in [0.29, 0.717) is 5.92 Å². The summed E-state index contributed by atoms with van der Waals surface area (Å²) in [7, 11) is 1.40. The van der Waals surface area contributed by atoms with E-state index < -0.39 is 12.2 Å². The Hall–Kier alpha value is -4.90. The van der Waals surface area contributed by atoms with Crippen molar-refractivity contribution in [1.82, 2.24) is 35.1 Å². The summed E-state index contributed by atoms with van der Waals surface area (Å²) in [6, 6.07) is 19.2. The summed E-state index contributed by atoms with van der Waals surface area (Å²) in [6.07, 6.45) is 5.69. The van der Waals surface area contributed by atoms with Gasteiger partial charge in [0, 0.05) is 24.0 Å². The van der Waals surface area contributed by atoms with Crippen LogP contribution in [0.2, 0.25) is 0 Å². The summed E-state index contributed by atoms with van der Waals surface area (Å²) in [5, 5.41) is 15.1. The Morgan fingerprint density at radius 2 is 1.80 bits per heavy atom. The highest BCUT2D eigenvalue weighted by Gasteiger charge is 2.50. The molecular formula is C38H43N7O4. The molecule has 5 aromatic rings. The van der Waals surface area contributed by atoms with Crippen LogP contribution in [0.4, 0.5) is 9.59 Å². The number of H-pyrrole nitrogens is 2. The highest BCUT2D eigenvalue weighted by atomic mass is 16.5. The van der Waals surface area contributed by atoms with Crippen LogP contribution in [0.5, 0.6) is 0 Å². The average Bonchev–Trinajstić information content (AvgIpc) is 3.95. The number of carboxylic acid groups (broad SMARTS) is 1. The maximum absolute atomic E-state index is 12.1. The predicted octanol–water partition coefficient (Wildman–Crippen LogP) is 7.49. The fraction of sp³-hybridized carbons (Fsp3) is 0.421. The van der Waals surface area contributed by atoms with Crippen LogP contribution in [0.3, 0.4) is 0 Å². The number of rotatable bonds is 8. The molecule has 11 nitrogen and oxygen atoms in total. The molecule has 8 rings (SSSR count). The lowest BCUT2D eigenvalue weighted by atomic mass is 9.98. The number of methoxy groups -OCH3 is 1. The summed E-state index contributed by atoms with van der Waals surface area (Å²) in [5.74, 6) is 2.31. The van der Waals surface area contributed by atoms with Crippen molar-refractivity contribution in [3.8, 4) is 22.4 Å². The number of hydrogen-bond acceptors (Lipinski definition) is 6. The van der Waals surface area contributed by atoms with E-state index in [-0.39, 0.29) is 30.1 Å². The van der Waals surface area contributed by atoms with Crippen molar-refractivity contribution in [3.63, 3.8) is 0 Å². The van der Waals surface area contributed by atoms with Gasteiger partial charge in [0.2, 0.25) is 0 Å². The minimum Gasteiger partial charge on any atom is -0.465 e. The second-order valence-electron chi connectivity index (χ2n) is 14.3. The maximum atomic E-state index is 12.1. The molecular weight excluding hydrogens is 618 g/mol. The molecule has 5 atom stereocenters. The smallest absolute Gasteiger partial charge is 0.408 e. The number of nitrogens with zero attached hydrogens (tertiary/aromatic N) is 4. The second kappa shape index (κ2) is 12.5. The first-order valence-corrected chi connectivity index (χ1v) is 17.4. The lowest BCUT2D eigenvalue weighted by molar-refractivity contribution is 0.0992. The van der Waals surface area contributed by atoms with Crippen LogP contribution in [-0.2, 0) is 4.74 Å². The first kappa shape index (κ1) is 31.4.